The highest BCUT2D eigenvalue weighted by atomic mass is 28.3. The number of phenolic OH excluding ortho intramolecular Hbond substituents is 1. The van der Waals surface area contributed by atoms with Crippen LogP contribution >= 0.6 is 0 Å². The number of carbonyl (C=O) groups is 1. The van der Waals surface area contributed by atoms with Crippen LogP contribution in [0, 0.1) is 0 Å². The van der Waals surface area contributed by atoms with Crippen molar-refractivity contribution in [2.24, 2.45) is 0 Å². The number of rotatable bonds is 6. The lowest BCUT2D eigenvalue weighted by molar-refractivity contribution is 0.106. The van der Waals surface area contributed by atoms with E-state index >= 15 is 0 Å². The number of carbonyl (C=O) groups excluding carboxylic acids is 1. The molecule has 0 aliphatic carbocycles. The molecule has 100 valence electrons. The molecule has 0 fully saturated rings. The predicted octanol–water partition coefficient (Wildman–Crippen LogP) is 3.63. The third kappa shape index (κ3) is 3.35. The van der Waals surface area contributed by atoms with E-state index in [0.717, 1.165) is 18.9 Å². The molecular weight excluding hydrogens is 244 g/mol. The molecule has 0 radical (unpaired) electrons. The Morgan fingerprint density at radius 2 is 2.06 bits per heavy atom. The predicted molar refractivity (Wildman–Crippen MR) is 76.2 cm³/mol. The Morgan fingerprint density at radius 3 is 2.56 bits per heavy atom. The van der Waals surface area contributed by atoms with Crippen molar-refractivity contribution in [3.05, 3.63) is 23.8 Å². The van der Waals surface area contributed by atoms with Crippen molar-refractivity contribution in [3.8, 4) is 11.5 Å². The van der Waals surface area contributed by atoms with Gasteiger partial charge in [0.15, 0.2) is 11.5 Å². The molecule has 18 heavy (non-hydrogen) atoms. The second kappa shape index (κ2) is 6.04. The number of aromatic hydroxyl groups is 1. The second-order valence-electron chi connectivity index (χ2n) is 5.20. The van der Waals surface area contributed by atoms with E-state index in [1.54, 1.807) is 12.1 Å². The van der Waals surface area contributed by atoms with Gasteiger partial charge in [-0.05, 0) is 18.2 Å². The summed E-state index contributed by atoms with van der Waals surface area (Å²) < 4.78 is 4.98. The lowest BCUT2D eigenvalue weighted by Crippen LogP contribution is -2.37. The van der Waals surface area contributed by atoms with Gasteiger partial charge in [0.1, 0.15) is 13.5 Å². The average molecular weight is 266 g/mol. The van der Waals surface area contributed by atoms with Crippen LogP contribution in [-0.2, 0) is 0 Å². The maximum absolute atomic E-state index is 12.4. The number of benzene rings is 1. The molecule has 1 rings (SSSR count). The fourth-order valence-corrected chi connectivity index (χ4v) is 4.36. The van der Waals surface area contributed by atoms with Crippen molar-refractivity contribution >= 4 is 13.5 Å². The zero-order valence-electron chi connectivity index (χ0n) is 11.6. The van der Waals surface area contributed by atoms with Crippen molar-refractivity contribution in [2.75, 3.05) is 7.11 Å². The standard InChI is InChI=1S/C14H22O3Si/c1-5-6-9-18(3,4)14(16)11-7-8-13(17-2)12(15)10-11/h7-8,10,15H,5-6,9H2,1-4H3. The van der Waals surface area contributed by atoms with Crippen molar-refractivity contribution in [2.45, 2.75) is 38.9 Å². The van der Waals surface area contributed by atoms with Gasteiger partial charge in [0.2, 0.25) is 0 Å². The summed E-state index contributed by atoms with van der Waals surface area (Å²) in [6.45, 7) is 6.31. The van der Waals surface area contributed by atoms with E-state index in [9.17, 15) is 9.90 Å². The summed E-state index contributed by atoms with van der Waals surface area (Å²) in [6, 6.07) is 5.89. The van der Waals surface area contributed by atoms with Gasteiger partial charge in [-0.1, -0.05) is 38.9 Å². The summed E-state index contributed by atoms with van der Waals surface area (Å²) >= 11 is 0. The molecule has 0 bridgehead atoms. The van der Waals surface area contributed by atoms with Gasteiger partial charge < -0.3 is 14.6 Å². The number of unbranched alkanes of at least 4 members (excludes halogenated alkanes) is 1. The Balaban J connectivity index is 2.93. The van der Waals surface area contributed by atoms with Gasteiger partial charge in [-0.3, -0.25) is 0 Å². The molecule has 0 aromatic heterocycles. The van der Waals surface area contributed by atoms with Gasteiger partial charge >= 0.3 is 0 Å². The molecule has 0 unspecified atom stereocenters. The zero-order chi connectivity index (χ0) is 13.8. The fraction of sp³-hybridized carbons (Fsp3) is 0.500. The number of hydrogen-bond acceptors (Lipinski definition) is 3. The minimum absolute atomic E-state index is 0.0311. The summed E-state index contributed by atoms with van der Waals surface area (Å²) in [5.74, 6) is 0.434. The molecule has 1 aromatic carbocycles. The quantitative estimate of drug-likeness (QED) is 0.800. The average Bonchev–Trinajstić information content (AvgIpc) is 2.35. The Bertz CT molecular complexity index is 427. The first kappa shape index (κ1) is 14.8. The molecule has 0 saturated carbocycles. The van der Waals surface area contributed by atoms with E-state index in [1.807, 2.05) is 0 Å². The third-order valence-electron chi connectivity index (χ3n) is 3.21. The maximum atomic E-state index is 12.4. The van der Waals surface area contributed by atoms with Crippen molar-refractivity contribution in [3.63, 3.8) is 0 Å². The Labute approximate surface area is 110 Å². The van der Waals surface area contributed by atoms with Crippen LogP contribution in [0.15, 0.2) is 18.2 Å². The highest BCUT2D eigenvalue weighted by molar-refractivity contribution is 7.06. The van der Waals surface area contributed by atoms with Crippen molar-refractivity contribution in [1.82, 2.24) is 0 Å². The first-order valence-electron chi connectivity index (χ1n) is 6.34. The van der Waals surface area contributed by atoms with Crippen LogP contribution in [0.25, 0.3) is 0 Å². The topological polar surface area (TPSA) is 46.5 Å². The Morgan fingerprint density at radius 1 is 1.39 bits per heavy atom. The normalized spacial score (nSPS) is 11.3. The molecule has 1 N–H and O–H groups in total. The van der Waals surface area contributed by atoms with Crippen LogP contribution in [0.5, 0.6) is 11.5 Å². The largest absolute Gasteiger partial charge is 0.504 e. The van der Waals surface area contributed by atoms with Gasteiger partial charge in [0.25, 0.3) is 0 Å². The molecule has 0 heterocycles. The summed E-state index contributed by atoms with van der Waals surface area (Å²) in [4.78, 5) is 12.4. The van der Waals surface area contributed by atoms with Crippen LogP contribution in [0.3, 0.4) is 0 Å². The lowest BCUT2D eigenvalue weighted by Gasteiger charge is -2.20. The third-order valence-corrected chi connectivity index (χ3v) is 6.33. The van der Waals surface area contributed by atoms with Crippen LogP contribution in [-0.4, -0.2) is 25.7 Å². The monoisotopic (exact) mass is 266 g/mol. The van der Waals surface area contributed by atoms with Crippen LogP contribution in [0.4, 0.5) is 0 Å². The smallest absolute Gasteiger partial charge is 0.160 e. The molecule has 3 nitrogen and oxygen atoms in total. The lowest BCUT2D eigenvalue weighted by atomic mass is 10.2. The Kier molecular flexibility index (Phi) is 4.96. The van der Waals surface area contributed by atoms with Gasteiger partial charge in [-0.25, -0.2) is 0 Å². The van der Waals surface area contributed by atoms with Gasteiger partial charge in [0.05, 0.1) is 7.11 Å². The minimum Gasteiger partial charge on any atom is -0.504 e. The van der Waals surface area contributed by atoms with E-state index in [-0.39, 0.29) is 11.2 Å². The summed E-state index contributed by atoms with van der Waals surface area (Å²) in [7, 11) is -0.413. The van der Waals surface area contributed by atoms with E-state index in [0.29, 0.717) is 11.3 Å². The van der Waals surface area contributed by atoms with E-state index in [1.165, 1.54) is 13.2 Å². The molecular formula is C14H22O3Si. The van der Waals surface area contributed by atoms with Gasteiger partial charge in [-0.2, -0.15) is 0 Å². The van der Waals surface area contributed by atoms with Crippen LogP contribution in [0.2, 0.25) is 19.1 Å². The minimum atomic E-state index is -1.91. The first-order chi connectivity index (χ1) is 8.42. The zero-order valence-corrected chi connectivity index (χ0v) is 12.6. The highest BCUT2D eigenvalue weighted by Crippen LogP contribution is 2.28. The molecule has 0 saturated heterocycles. The van der Waals surface area contributed by atoms with Crippen LogP contribution in [0.1, 0.15) is 30.1 Å². The number of hydrogen-bond donors (Lipinski definition) is 1. The van der Waals surface area contributed by atoms with Crippen LogP contribution < -0.4 is 4.74 Å². The first-order valence-corrected chi connectivity index (χ1v) is 9.55. The van der Waals surface area contributed by atoms with E-state index < -0.39 is 8.07 Å². The second-order valence-corrected chi connectivity index (χ2v) is 9.93. The summed E-state index contributed by atoms with van der Waals surface area (Å²) in [5.41, 5.74) is 0.598. The molecule has 0 aliphatic rings. The molecule has 0 atom stereocenters. The molecule has 4 heteroatoms. The van der Waals surface area contributed by atoms with E-state index in [4.69, 9.17) is 4.74 Å². The molecule has 0 spiro atoms. The molecule has 1 aromatic rings. The Hall–Kier alpha value is -1.29. The maximum Gasteiger partial charge on any atom is 0.160 e. The van der Waals surface area contributed by atoms with Gasteiger partial charge in [0, 0.05) is 5.56 Å². The highest BCUT2D eigenvalue weighted by Gasteiger charge is 2.30. The van der Waals surface area contributed by atoms with Gasteiger partial charge in [-0.15, -0.1) is 0 Å². The molecule has 0 aliphatic heterocycles. The van der Waals surface area contributed by atoms with E-state index in [2.05, 4.69) is 20.0 Å². The fourth-order valence-electron chi connectivity index (χ4n) is 1.95. The summed E-state index contributed by atoms with van der Waals surface area (Å²) in [5, 5.41) is 9.92. The molecule has 0 amide bonds. The number of methoxy groups -OCH3 is 1. The van der Waals surface area contributed by atoms with Crippen molar-refractivity contribution in [1.29, 1.82) is 0 Å². The number of ether oxygens (including phenoxy) is 1. The van der Waals surface area contributed by atoms with Crippen molar-refractivity contribution < 1.29 is 14.6 Å². The SMILES string of the molecule is CCCC[Si](C)(C)C(=O)c1ccc(OC)c(O)c1. The number of phenols is 1. The summed E-state index contributed by atoms with van der Waals surface area (Å²) in [6.07, 6.45) is 2.20.